The van der Waals surface area contributed by atoms with Crippen molar-refractivity contribution in [2.45, 2.75) is 72.7 Å². The van der Waals surface area contributed by atoms with E-state index in [1.165, 1.54) is 12.1 Å². The Labute approximate surface area is 302 Å². The molecule has 0 aliphatic heterocycles. The Kier molecular flexibility index (Phi) is 6.16. The van der Waals surface area contributed by atoms with Crippen LogP contribution in [-0.2, 0) is 31.9 Å². The first kappa shape index (κ1) is 19.9. The van der Waals surface area contributed by atoms with Crippen LogP contribution in [0.5, 0.6) is 0 Å². The van der Waals surface area contributed by atoms with Gasteiger partial charge < -0.3 is 14.4 Å². The summed E-state index contributed by atoms with van der Waals surface area (Å²) in [7, 11) is -1.67. The van der Waals surface area contributed by atoms with Crippen molar-refractivity contribution in [1.82, 2.24) is 15.0 Å². The van der Waals surface area contributed by atoms with Crippen LogP contribution in [0.15, 0.2) is 83.5 Å². The van der Waals surface area contributed by atoms with Gasteiger partial charge in [0.1, 0.15) is 0 Å². The molecule has 0 saturated heterocycles. The molecule has 0 spiro atoms. The van der Waals surface area contributed by atoms with E-state index in [1.54, 1.807) is 12.1 Å². The van der Waals surface area contributed by atoms with Crippen LogP contribution >= 0.6 is 0 Å². The molecule has 0 aliphatic rings. The van der Waals surface area contributed by atoms with Gasteiger partial charge in [-0.3, -0.25) is 0 Å². The summed E-state index contributed by atoms with van der Waals surface area (Å²) in [5.74, 6) is -0.0856. The van der Waals surface area contributed by atoms with Crippen LogP contribution in [0.25, 0.3) is 44.6 Å². The van der Waals surface area contributed by atoms with Crippen molar-refractivity contribution in [3.63, 3.8) is 0 Å². The molecule has 0 unspecified atom stereocenters. The summed E-state index contributed by atoms with van der Waals surface area (Å²) >= 11 is 0. The molecule has 6 rings (SSSR count). The molecule has 4 heterocycles. The normalized spacial score (nSPS) is 17.8. The van der Waals surface area contributed by atoms with Crippen molar-refractivity contribution in [3.05, 3.63) is 108 Å². The van der Waals surface area contributed by atoms with Gasteiger partial charge in [-0.1, -0.05) is 77.1 Å². The number of furan rings is 1. The van der Waals surface area contributed by atoms with E-state index in [0.717, 1.165) is 40.3 Å². The first-order valence-corrected chi connectivity index (χ1v) is 17.7. The summed E-state index contributed by atoms with van der Waals surface area (Å²) in [6, 6.07) is 23.9. The number of benzene rings is 2. The number of hydrogen-bond donors (Lipinski definition) is 0. The zero-order valence-electron chi connectivity index (χ0n) is 39.7. The van der Waals surface area contributed by atoms with Crippen molar-refractivity contribution in [3.8, 4) is 22.5 Å². The van der Waals surface area contributed by atoms with E-state index in [2.05, 4.69) is 46.7 Å². The van der Waals surface area contributed by atoms with Crippen LogP contribution in [0.2, 0.25) is 19.6 Å². The molecule has 2 aromatic carbocycles. The average Bonchev–Trinajstić information content (AvgIpc) is 3.47. The largest absolute Gasteiger partial charge is 0.486 e. The molecular weight excluding hydrogens is 747 g/mol. The van der Waals surface area contributed by atoms with Crippen molar-refractivity contribution in [1.29, 1.82) is 0 Å². The summed E-state index contributed by atoms with van der Waals surface area (Å²) in [4.78, 5) is 12.8. The monoisotopic (exact) mass is 804 g/mol. The molecule has 0 atom stereocenters. The fourth-order valence-electron chi connectivity index (χ4n) is 4.74. The molecule has 0 fully saturated rings. The van der Waals surface area contributed by atoms with E-state index in [-0.39, 0.29) is 43.1 Å². The summed E-state index contributed by atoms with van der Waals surface area (Å²) in [6.07, 6.45) is 1.68. The third-order valence-electron chi connectivity index (χ3n) is 6.88. The van der Waals surface area contributed by atoms with Gasteiger partial charge in [-0.05, 0) is 64.9 Å². The van der Waals surface area contributed by atoms with Crippen LogP contribution < -0.4 is 5.19 Å². The van der Waals surface area contributed by atoms with Crippen molar-refractivity contribution < 1.29 is 43.7 Å². The Hall–Kier alpha value is -3.44. The van der Waals surface area contributed by atoms with Crippen molar-refractivity contribution in [2.24, 2.45) is 5.92 Å². The topological polar surface area (TPSA) is 51.8 Å². The van der Waals surface area contributed by atoms with Crippen LogP contribution in [0.3, 0.4) is 0 Å². The van der Waals surface area contributed by atoms with E-state index in [0.29, 0.717) is 21.9 Å². The van der Waals surface area contributed by atoms with Gasteiger partial charge in [0.05, 0.1) is 13.7 Å². The van der Waals surface area contributed by atoms with E-state index in [9.17, 15) is 0 Å². The van der Waals surface area contributed by atoms with Gasteiger partial charge in [-0.15, -0.1) is 59.7 Å². The Balaban J connectivity index is 0.000000287. The van der Waals surface area contributed by atoms with Gasteiger partial charge in [-0.25, -0.2) is 4.98 Å². The maximum absolute atomic E-state index is 8.55. The number of pyridine rings is 3. The average molecular weight is 804 g/mol. The molecule has 0 N–H and O–H groups in total. The number of nitrogens with zero attached hydrogens (tertiary/aromatic N) is 3. The van der Waals surface area contributed by atoms with Crippen LogP contribution in [-0.4, -0.2) is 23.0 Å². The Morgan fingerprint density at radius 1 is 0.933 bits per heavy atom. The van der Waals surface area contributed by atoms with Crippen LogP contribution in [0, 0.1) is 24.9 Å². The van der Waals surface area contributed by atoms with E-state index >= 15 is 0 Å². The summed E-state index contributed by atoms with van der Waals surface area (Å²) in [5.41, 5.74) is -0.381. The predicted octanol–water partition coefficient (Wildman–Crippen LogP) is 9.74. The fraction of sp³-hybridized carbons (Fsp3) is 0.308. The maximum atomic E-state index is 8.55. The first-order chi connectivity index (χ1) is 26.5. The van der Waals surface area contributed by atoms with Crippen molar-refractivity contribution >= 4 is 35.3 Å². The molecule has 1 radical (unpaired) electrons. The molecular formula is C39H43IrN3OSi-2. The fourth-order valence-corrected chi connectivity index (χ4v) is 6.15. The van der Waals surface area contributed by atoms with Gasteiger partial charge in [0.15, 0.2) is 0 Å². The summed E-state index contributed by atoms with van der Waals surface area (Å²) in [6.45, 7) is -2.05. The smallest absolute Gasteiger partial charge is 0.216 e. The SMILES string of the molecule is [2H]C([2H])([2H])c1ccc2c(n1)oc1c[c-]c(-c3cc(C(C([2H])([2H])[2H])(C([2H])([2H])[2H])C([2H])([2H])[2H])ccn3)cc12.[2H]C([2H])(c1cc(-c2[c-]cccc2)ncc1[Si](C)(C)C)C(C)C.[Ir]. The second-order valence-electron chi connectivity index (χ2n) is 11.9. The third kappa shape index (κ3) is 8.24. The quantitative estimate of drug-likeness (QED) is 0.129. The number of aryl methyl sites for hydroxylation is 1. The molecule has 0 amide bonds. The van der Waals surface area contributed by atoms with E-state index in [4.69, 9.17) is 23.6 Å². The number of rotatable bonds is 5. The molecule has 45 heavy (non-hydrogen) atoms. The van der Waals surface area contributed by atoms with Gasteiger partial charge in [0.25, 0.3) is 0 Å². The minimum absolute atomic E-state index is 0. The Morgan fingerprint density at radius 2 is 1.73 bits per heavy atom. The second-order valence-corrected chi connectivity index (χ2v) is 16.9. The van der Waals surface area contributed by atoms with Crippen molar-refractivity contribution in [2.75, 3.05) is 0 Å². The van der Waals surface area contributed by atoms with Gasteiger partial charge in [0.2, 0.25) is 5.71 Å². The van der Waals surface area contributed by atoms with Crippen LogP contribution in [0.1, 0.15) is 70.4 Å². The number of fused-ring (bicyclic) bond motifs is 3. The standard InChI is InChI=1S/C21H19N2O.C18H24NSi.Ir/c1-13-5-7-16-17-11-14(6-8-19(17)24-20(16)23-13)18-12-15(9-10-22-18)21(2,3)4;1-14(2)11-16-12-17(15-9-7-6-8-10-15)19-13-18(16)20(3,4)5;/h5,7-12H,1-4H3;6-9,12-14H,11H2,1-5H3;/q2*-1;/i1D3,2D3,3D3,4D3;11D2;. The Bertz CT molecular complexity index is 2380. The molecule has 0 bridgehead atoms. The third-order valence-corrected chi connectivity index (χ3v) is 8.89. The van der Waals surface area contributed by atoms with E-state index < -0.39 is 52.8 Å². The van der Waals surface area contributed by atoms with Crippen LogP contribution in [0.4, 0.5) is 0 Å². The summed E-state index contributed by atoms with van der Waals surface area (Å²) in [5, 5.41) is 2.14. The molecule has 6 aromatic rings. The molecule has 6 heteroatoms. The predicted molar refractivity (Wildman–Crippen MR) is 187 cm³/mol. The number of aromatic nitrogens is 3. The molecule has 4 aromatic heterocycles. The van der Waals surface area contributed by atoms with Gasteiger partial charge >= 0.3 is 0 Å². The molecule has 0 saturated carbocycles. The minimum atomic E-state index is -3.40. The Morgan fingerprint density at radius 3 is 2.42 bits per heavy atom. The maximum Gasteiger partial charge on any atom is 0.216 e. The van der Waals surface area contributed by atoms with Gasteiger partial charge in [0, 0.05) is 62.8 Å². The second kappa shape index (κ2) is 13.9. The minimum Gasteiger partial charge on any atom is -0.486 e. The van der Waals surface area contributed by atoms with E-state index in [1.807, 2.05) is 50.4 Å². The van der Waals surface area contributed by atoms with Gasteiger partial charge in [-0.2, -0.15) is 0 Å². The molecule has 0 aliphatic carbocycles. The number of hydrogen-bond acceptors (Lipinski definition) is 4. The molecule has 235 valence electrons. The zero-order chi connectivity index (χ0) is 43.4. The zero-order valence-corrected chi connectivity index (χ0v) is 29.1. The summed E-state index contributed by atoms with van der Waals surface area (Å²) < 4.78 is 117. The first-order valence-electron chi connectivity index (χ1n) is 21.2. The molecule has 4 nitrogen and oxygen atoms in total.